The standard InChI is InChI=1S/C26H38ClN3O3/c1-17(2)23(28-24(32)20-7-6-13-29(15-20)18(3)31)25(33)30-14-12-22(26(4,5)16-30)19-8-10-21(27)11-9-19/h8-11,17,20,22-23H,6-7,12-16H2,1-5H3,(H,28,32)/t20-,22?,23+/m0/s1. The number of nitrogens with one attached hydrogen (secondary N) is 1. The van der Waals surface area contributed by atoms with Crippen molar-refractivity contribution in [3.05, 3.63) is 34.9 Å². The number of hydrogen-bond donors (Lipinski definition) is 1. The zero-order valence-electron chi connectivity index (χ0n) is 20.6. The van der Waals surface area contributed by atoms with E-state index in [0.717, 1.165) is 24.3 Å². The normalized spacial score (nSPS) is 23.8. The minimum atomic E-state index is -0.562. The molecule has 2 fully saturated rings. The van der Waals surface area contributed by atoms with Crippen LogP contribution < -0.4 is 5.32 Å². The molecular formula is C26H38ClN3O3. The van der Waals surface area contributed by atoms with Crippen LogP contribution in [0.15, 0.2) is 24.3 Å². The van der Waals surface area contributed by atoms with Crippen LogP contribution in [-0.4, -0.2) is 59.7 Å². The average Bonchev–Trinajstić information content (AvgIpc) is 2.76. The van der Waals surface area contributed by atoms with Gasteiger partial charge in [0.15, 0.2) is 0 Å². The number of rotatable bonds is 5. The van der Waals surface area contributed by atoms with E-state index in [0.29, 0.717) is 32.1 Å². The molecular weight excluding hydrogens is 438 g/mol. The topological polar surface area (TPSA) is 69.7 Å². The zero-order valence-corrected chi connectivity index (χ0v) is 21.3. The Morgan fingerprint density at radius 3 is 2.30 bits per heavy atom. The van der Waals surface area contributed by atoms with Crippen molar-refractivity contribution in [3.8, 4) is 0 Å². The summed E-state index contributed by atoms with van der Waals surface area (Å²) in [4.78, 5) is 42.0. The summed E-state index contributed by atoms with van der Waals surface area (Å²) in [6.45, 7) is 12.3. The van der Waals surface area contributed by atoms with Gasteiger partial charge in [-0.2, -0.15) is 0 Å². The van der Waals surface area contributed by atoms with Gasteiger partial charge in [-0.1, -0.05) is 51.4 Å². The van der Waals surface area contributed by atoms with Crippen molar-refractivity contribution >= 4 is 29.3 Å². The van der Waals surface area contributed by atoms with Crippen LogP contribution in [0.25, 0.3) is 0 Å². The average molecular weight is 476 g/mol. The molecule has 3 rings (SSSR count). The number of benzene rings is 1. The van der Waals surface area contributed by atoms with Gasteiger partial charge in [-0.3, -0.25) is 14.4 Å². The minimum absolute atomic E-state index is 0.00484. The van der Waals surface area contributed by atoms with Crippen LogP contribution in [0, 0.1) is 17.3 Å². The first kappa shape index (κ1) is 25.5. The summed E-state index contributed by atoms with van der Waals surface area (Å²) in [7, 11) is 0. The second-order valence-electron chi connectivity index (χ2n) is 10.7. The Kier molecular flexibility index (Phi) is 8.09. The van der Waals surface area contributed by atoms with Crippen molar-refractivity contribution in [2.75, 3.05) is 26.2 Å². The molecule has 0 saturated carbocycles. The number of carbonyl (C=O) groups is 3. The van der Waals surface area contributed by atoms with Gasteiger partial charge in [0.05, 0.1) is 5.92 Å². The van der Waals surface area contributed by atoms with Crippen LogP contribution in [0.3, 0.4) is 0 Å². The third kappa shape index (κ3) is 6.08. The molecule has 3 amide bonds. The Morgan fingerprint density at radius 2 is 1.73 bits per heavy atom. The summed E-state index contributed by atoms with van der Waals surface area (Å²) >= 11 is 6.07. The molecule has 7 heteroatoms. The highest BCUT2D eigenvalue weighted by molar-refractivity contribution is 6.30. The maximum absolute atomic E-state index is 13.5. The van der Waals surface area contributed by atoms with Gasteiger partial charge in [-0.05, 0) is 54.2 Å². The predicted octanol–water partition coefficient (Wildman–Crippen LogP) is 4.08. The molecule has 182 valence electrons. The maximum Gasteiger partial charge on any atom is 0.245 e. The molecule has 0 radical (unpaired) electrons. The molecule has 1 aromatic carbocycles. The van der Waals surface area contributed by atoms with E-state index in [9.17, 15) is 14.4 Å². The van der Waals surface area contributed by atoms with Gasteiger partial charge in [0.1, 0.15) is 6.04 Å². The smallest absolute Gasteiger partial charge is 0.245 e. The molecule has 2 saturated heterocycles. The third-order valence-corrected chi connectivity index (χ3v) is 7.53. The lowest BCUT2D eigenvalue weighted by Gasteiger charge is -2.46. The van der Waals surface area contributed by atoms with Crippen LogP contribution in [0.2, 0.25) is 5.02 Å². The lowest BCUT2D eigenvalue weighted by Crippen LogP contribution is -2.57. The van der Waals surface area contributed by atoms with Gasteiger partial charge in [-0.15, -0.1) is 0 Å². The SMILES string of the molecule is CC(=O)N1CCC[C@H](C(=O)N[C@@H](C(=O)N2CCC(c3ccc(Cl)cc3)C(C)(C)C2)C(C)C)C1. The molecule has 1 unspecified atom stereocenters. The van der Waals surface area contributed by atoms with Gasteiger partial charge >= 0.3 is 0 Å². The molecule has 0 aromatic heterocycles. The Bertz CT molecular complexity index is 868. The summed E-state index contributed by atoms with van der Waals surface area (Å²) in [5.41, 5.74) is 1.15. The fourth-order valence-electron chi connectivity index (χ4n) is 5.32. The quantitative estimate of drug-likeness (QED) is 0.697. The van der Waals surface area contributed by atoms with E-state index in [2.05, 4.69) is 31.3 Å². The molecule has 2 aliphatic rings. The number of piperidine rings is 2. The van der Waals surface area contributed by atoms with Crippen LogP contribution >= 0.6 is 11.6 Å². The second-order valence-corrected chi connectivity index (χ2v) is 11.1. The Morgan fingerprint density at radius 1 is 1.06 bits per heavy atom. The highest BCUT2D eigenvalue weighted by Crippen LogP contribution is 2.42. The summed E-state index contributed by atoms with van der Waals surface area (Å²) in [5, 5.41) is 3.76. The van der Waals surface area contributed by atoms with Crippen LogP contribution in [0.4, 0.5) is 0 Å². The fraction of sp³-hybridized carbons (Fsp3) is 0.654. The van der Waals surface area contributed by atoms with Crippen LogP contribution in [0.5, 0.6) is 0 Å². The van der Waals surface area contributed by atoms with Crippen molar-refractivity contribution in [1.29, 1.82) is 0 Å². The van der Waals surface area contributed by atoms with Crippen molar-refractivity contribution in [1.82, 2.24) is 15.1 Å². The van der Waals surface area contributed by atoms with Gasteiger partial charge < -0.3 is 15.1 Å². The summed E-state index contributed by atoms with van der Waals surface area (Å²) in [6, 6.07) is 7.45. The molecule has 33 heavy (non-hydrogen) atoms. The summed E-state index contributed by atoms with van der Waals surface area (Å²) in [6.07, 6.45) is 2.42. The molecule has 0 spiro atoms. The number of carbonyl (C=O) groups excluding carboxylic acids is 3. The van der Waals surface area contributed by atoms with Crippen molar-refractivity contribution in [2.24, 2.45) is 17.3 Å². The third-order valence-electron chi connectivity index (χ3n) is 7.28. The predicted molar refractivity (Wildman–Crippen MR) is 131 cm³/mol. The minimum Gasteiger partial charge on any atom is -0.344 e. The Hall–Kier alpha value is -2.08. The van der Waals surface area contributed by atoms with Gasteiger partial charge in [0.2, 0.25) is 17.7 Å². The molecule has 3 atom stereocenters. The fourth-order valence-corrected chi connectivity index (χ4v) is 5.44. The highest BCUT2D eigenvalue weighted by Gasteiger charge is 2.41. The van der Waals surface area contributed by atoms with Gasteiger partial charge in [0, 0.05) is 38.1 Å². The lowest BCUT2D eigenvalue weighted by molar-refractivity contribution is -0.142. The highest BCUT2D eigenvalue weighted by atomic mass is 35.5. The van der Waals surface area contributed by atoms with E-state index in [4.69, 9.17) is 11.6 Å². The number of amides is 3. The molecule has 2 aliphatic heterocycles. The van der Waals surface area contributed by atoms with E-state index in [-0.39, 0.29) is 35.0 Å². The molecule has 1 aromatic rings. The van der Waals surface area contributed by atoms with E-state index in [1.807, 2.05) is 30.9 Å². The van der Waals surface area contributed by atoms with Crippen LogP contribution in [-0.2, 0) is 14.4 Å². The number of likely N-dealkylation sites (tertiary alicyclic amines) is 2. The number of nitrogens with zero attached hydrogens (tertiary/aromatic N) is 2. The van der Waals surface area contributed by atoms with E-state index < -0.39 is 6.04 Å². The van der Waals surface area contributed by atoms with Crippen molar-refractivity contribution in [2.45, 2.75) is 65.8 Å². The van der Waals surface area contributed by atoms with E-state index in [1.54, 1.807) is 4.90 Å². The molecule has 2 heterocycles. The van der Waals surface area contributed by atoms with E-state index in [1.165, 1.54) is 12.5 Å². The van der Waals surface area contributed by atoms with Gasteiger partial charge in [-0.25, -0.2) is 0 Å². The first-order valence-corrected chi connectivity index (χ1v) is 12.5. The van der Waals surface area contributed by atoms with Crippen molar-refractivity contribution in [3.63, 3.8) is 0 Å². The zero-order chi connectivity index (χ0) is 24.3. The van der Waals surface area contributed by atoms with E-state index >= 15 is 0 Å². The Balaban J connectivity index is 1.67. The molecule has 1 N–H and O–H groups in total. The maximum atomic E-state index is 13.5. The largest absolute Gasteiger partial charge is 0.344 e. The lowest BCUT2D eigenvalue weighted by atomic mass is 9.70. The molecule has 6 nitrogen and oxygen atoms in total. The first-order valence-electron chi connectivity index (χ1n) is 12.1. The first-order chi connectivity index (χ1) is 15.5. The van der Waals surface area contributed by atoms with Crippen molar-refractivity contribution < 1.29 is 14.4 Å². The monoisotopic (exact) mass is 475 g/mol. The number of halogens is 1. The number of hydrogen-bond acceptors (Lipinski definition) is 3. The van der Waals surface area contributed by atoms with Crippen LogP contribution in [0.1, 0.15) is 65.4 Å². The Labute approximate surface area is 203 Å². The molecule has 0 aliphatic carbocycles. The summed E-state index contributed by atoms with van der Waals surface area (Å²) in [5.74, 6) is -0.0844. The summed E-state index contributed by atoms with van der Waals surface area (Å²) < 4.78 is 0. The van der Waals surface area contributed by atoms with Gasteiger partial charge in [0.25, 0.3) is 0 Å². The second kappa shape index (κ2) is 10.5. The molecule has 0 bridgehead atoms.